The minimum absolute atomic E-state index is 0.0823. The van der Waals surface area contributed by atoms with E-state index >= 15 is 0 Å². The van der Waals surface area contributed by atoms with Gasteiger partial charge in [0.05, 0.1) is 7.11 Å². The van der Waals surface area contributed by atoms with E-state index in [1.807, 2.05) is 13.0 Å². The predicted molar refractivity (Wildman–Crippen MR) is 95.9 cm³/mol. The number of benzene rings is 2. The number of hydrogen-bond acceptors (Lipinski definition) is 3. The van der Waals surface area contributed by atoms with Gasteiger partial charge in [0, 0.05) is 37.3 Å². The first kappa shape index (κ1) is 17.9. The molecular weight excluding hydrogens is 335 g/mol. The fourth-order valence-electron chi connectivity index (χ4n) is 3.05. The highest BCUT2D eigenvalue weighted by molar-refractivity contribution is 5.96. The molecule has 5 nitrogen and oxygen atoms in total. The lowest BCUT2D eigenvalue weighted by molar-refractivity contribution is 0.0535. The van der Waals surface area contributed by atoms with Gasteiger partial charge >= 0.3 is 0 Å². The summed E-state index contributed by atoms with van der Waals surface area (Å²) in [6.07, 6.45) is 0. The molecule has 3 rings (SSSR count). The van der Waals surface area contributed by atoms with Gasteiger partial charge in [0.2, 0.25) is 0 Å². The fourth-order valence-corrected chi connectivity index (χ4v) is 3.05. The maximum atomic E-state index is 13.3. The van der Waals surface area contributed by atoms with Crippen molar-refractivity contribution >= 4 is 11.8 Å². The average Bonchev–Trinajstić information content (AvgIpc) is 2.67. The molecule has 0 radical (unpaired) electrons. The highest BCUT2D eigenvalue weighted by Crippen LogP contribution is 2.20. The van der Waals surface area contributed by atoms with Crippen LogP contribution in [0.5, 0.6) is 5.75 Å². The lowest BCUT2D eigenvalue weighted by atomic mass is 10.1. The summed E-state index contributed by atoms with van der Waals surface area (Å²) in [7, 11) is 1.58. The molecule has 0 N–H and O–H groups in total. The van der Waals surface area contributed by atoms with Crippen molar-refractivity contribution in [3.8, 4) is 5.75 Å². The van der Waals surface area contributed by atoms with Crippen LogP contribution >= 0.6 is 0 Å². The van der Waals surface area contributed by atoms with Gasteiger partial charge in [-0.2, -0.15) is 0 Å². The van der Waals surface area contributed by atoms with Crippen LogP contribution < -0.4 is 4.74 Å². The summed E-state index contributed by atoms with van der Waals surface area (Å²) in [5.74, 6) is -0.0523. The van der Waals surface area contributed by atoms with Crippen molar-refractivity contribution in [1.29, 1.82) is 0 Å². The van der Waals surface area contributed by atoms with E-state index in [0.29, 0.717) is 43.1 Å². The van der Waals surface area contributed by atoms with Crippen molar-refractivity contribution < 1.29 is 18.7 Å². The van der Waals surface area contributed by atoms with Gasteiger partial charge in [-0.15, -0.1) is 0 Å². The lowest BCUT2D eigenvalue weighted by Crippen LogP contribution is -2.50. The van der Waals surface area contributed by atoms with Crippen LogP contribution in [0.3, 0.4) is 0 Å². The molecule has 26 heavy (non-hydrogen) atoms. The van der Waals surface area contributed by atoms with E-state index in [4.69, 9.17) is 4.74 Å². The minimum Gasteiger partial charge on any atom is -0.496 e. The first-order valence-corrected chi connectivity index (χ1v) is 8.48. The Morgan fingerprint density at radius 2 is 1.50 bits per heavy atom. The van der Waals surface area contributed by atoms with Gasteiger partial charge < -0.3 is 14.5 Å². The van der Waals surface area contributed by atoms with Gasteiger partial charge in [-0.25, -0.2) is 4.39 Å². The molecule has 0 bridgehead atoms. The summed E-state index contributed by atoms with van der Waals surface area (Å²) in [6.45, 7) is 3.64. The first-order chi connectivity index (χ1) is 12.5. The zero-order valence-corrected chi connectivity index (χ0v) is 14.9. The number of hydrogen-bond donors (Lipinski definition) is 0. The van der Waals surface area contributed by atoms with Crippen molar-refractivity contribution in [2.45, 2.75) is 6.92 Å². The molecule has 0 unspecified atom stereocenters. The maximum Gasteiger partial charge on any atom is 0.254 e. The highest BCUT2D eigenvalue weighted by Gasteiger charge is 2.26. The molecule has 1 aliphatic rings. The van der Waals surface area contributed by atoms with Gasteiger partial charge in [0.25, 0.3) is 11.8 Å². The standard InChI is InChI=1S/C20H21FN2O3/c1-14-6-7-16(13-18(14)26-2)20(25)23-10-8-22(9-11-23)19(24)15-4-3-5-17(21)12-15/h3-7,12-13H,8-11H2,1-2H3. The predicted octanol–water partition coefficient (Wildman–Crippen LogP) is 2.74. The second kappa shape index (κ2) is 7.56. The Bertz CT molecular complexity index is 830. The molecule has 0 aliphatic carbocycles. The monoisotopic (exact) mass is 356 g/mol. The highest BCUT2D eigenvalue weighted by atomic mass is 19.1. The molecule has 2 aromatic rings. The summed E-state index contributed by atoms with van der Waals surface area (Å²) >= 11 is 0. The molecule has 1 fully saturated rings. The third-order valence-corrected chi connectivity index (χ3v) is 4.58. The summed E-state index contributed by atoms with van der Waals surface area (Å²) in [5.41, 5.74) is 1.86. The number of amides is 2. The largest absolute Gasteiger partial charge is 0.496 e. The Balaban J connectivity index is 1.64. The molecular formula is C20H21FN2O3. The number of nitrogens with zero attached hydrogens (tertiary/aromatic N) is 2. The van der Waals surface area contributed by atoms with Crippen LogP contribution in [0.1, 0.15) is 26.3 Å². The van der Waals surface area contributed by atoms with Crippen molar-refractivity contribution in [3.63, 3.8) is 0 Å². The number of rotatable bonds is 3. The Morgan fingerprint density at radius 3 is 2.04 bits per heavy atom. The molecule has 0 aromatic heterocycles. The summed E-state index contributed by atoms with van der Waals surface area (Å²) in [5, 5.41) is 0. The van der Waals surface area contributed by atoms with Crippen LogP contribution in [0.15, 0.2) is 42.5 Å². The maximum absolute atomic E-state index is 13.3. The SMILES string of the molecule is COc1cc(C(=O)N2CCN(C(=O)c3cccc(F)c3)CC2)ccc1C. The Kier molecular flexibility index (Phi) is 5.21. The third kappa shape index (κ3) is 3.69. The van der Waals surface area contributed by atoms with Gasteiger partial charge in [-0.1, -0.05) is 12.1 Å². The quantitative estimate of drug-likeness (QED) is 0.850. The number of halogens is 1. The lowest BCUT2D eigenvalue weighted by Gasteiger charge is -2.35. The third-order valence-electron chi connectivity index (χ3n) is 4.58. The van der Waals surface area contributed by atoms with Crippen LogP contribution in [0.25, 0.3) is 0 Å². The van der Waals surface area contributed by atoms with Crippen LogP contribution in [0, 0.1) is 12.7 Å². The van der Waals surface area contributed by atoms with E-state index in [0.717, 1.165) is 5.56 Å². The fraction of sp³-hybridized carbons (Fsp3) is 0.300. The number of carbonyl (C=O) groups is 2. The first-order valence-electron chi connectivity index (χ1n) is 8.48. The second-order valence-corrected chi connectivity index (χ2v) is 6.28. The van der Waals surface area contributed by atoms with Crippen molar-refractivity contribution in [3.05, 3.63) is 65.0 Å². The summed E-state index contributed by atoms with van der Waals surface area (Å²) in [4.78, 5) is 28.5. The topological polar surface area (TPSA) is 49.9 Å². The second-order valence-electron chi connectivity index (χ2n) is 6.28. The number of carbonyl (C=O) groups excluding carboxylic acids is 2. The molecule has 1 aliphatic heterocycles. The van der Waals surface area contributed by atoms with E-state index < -0.39 is 5.82 Å². The van der Waals surface area contributed by atoms with Gasteiger partial charge in [-0.3, -0.25) is 9.59 Å². The zero-order chi connectivity index (χ0) is 18.7. The number of ether oxygens (including phenoxy) is 1. The summed E-state index contributed by atoms with van der Waals surface area (Å²) < 4.78 is 18.6. The molecule has 6 heteroatoms. The molecule has 0 saturated carbocycles. The molecule has 136 valence electrons. The molecule has 1 saturated heterocycles. The smallest absolute Gasteiger partial charge is 0.254 e. The molecule has 0 spiro atoms. The van der Waals surface area contributed by atoms with Gasteiger partial charge in [0.1, 0.15) is 11.6 Å². The minimum atomic E-state index is -0.432. The van der Waals surface area contributed by atoms with E-state index in [-0.39, 0.29) is 11.8 Å². The number of aryl methyl sites for hydroxylation is 1. The molecule has 1 heterocycles. The van der Waals surface area contributed by atoms with Crippen molar-refractivity contribution in [2.75, 3.05) is 33.3 Å². The number of methoxy groups -OCH3 is 1. The van der Waals surface area contributed by atoms with E-state index in [1.165, 1.54) is 18.2 Å². The van der Waals surface area contributed by atoms with Crippen LogP contribution in [0.4, 0.5) is 4.39 Å². The van der Waals surface area contributed by atoms with Crippen molar-refractivity contribution in [2.24, 2.45) is 0 Å². The Labute approximate surface area is 152 Å². The van der Waals surface area contributed by atoms with Gasteiger partial charge in [-0.05, 0) is 42.8 Å². The normalized spacial score (nSPS) is 14.3. The Morgan fingerprint density at radius 1 is 0.923 bits per heavy atom. The zero-order valence-electron chi connectivity index (χ0n) is 14.9. The molecule has 2 amide bonds. The van der Waals surface area contributed by atoms with Crippen LogP contribution in [0.2, 0.25) is 0 Å². The average molecular weight is 356 g/mol. The van der Waals surface area contributed by atoms with Crippen LogP contribution in [-0.2, 0) is 0 Å². The van der Waals surface area contributed by atoms with Crippen LogP contribution in [-0.4, -0.2) is 54.9 Å². The molecule has 2 aromatic carbocycles. The van der Waals surface area contributed by atoms with Crippen molar-refractivity contribution in [1.82, 2.24) is 9.80 Å². The summed E-state index contributed by atoms with van der Waals surface area (Å²) in [6, 6.07) is 11.0. The van der Waals surface area contributed by atoms with E-state index in [9.17, 15) is 14.0 Å². The molecule has 0 atom stereocenters. The van der Waals surface area contributed by atoms with E-state index in [2.05, 4.69) is 0 Å². The van der Waals surface area contributed by atoms with E-state index in [1.54, 1.807) is 35.1 Å². The van der Waals surface area contributed by atoms with Gasteiger partial charge in [0.15, 0.2) is 0 Å². The Hall–Kier alpha value is -2.89. The number of piperazine rings is 1.